The molecule has 0 saturated heterocycles. The molecular weight excluding hydrogens is 705 g/mol. The Labute approximate surface area is 300 Å². The molecule has 52 heavy (non-hydrogen) atoms. The van der Waals surface area contributed by atoms with E-state index in [2.05, 4.69) is 23.8 Å². The van der Waals surface area contributed by atoms with Crippen LogP contribution in [-0.2, 0) is 25.7 Å². The van der Waals surface area contributed by atoms with Crippen molar-refractivity contribution in [3.63, 3.8) is 0 Å². The quantitative estimate of drug-likeness (QED) is 0.101. The smallest absolute Gasteiger partial charge is 0.428 e. The minimum Gasteiger partial charge on any atom is -0.501 e. The van der Waals surface area contributed by atoms with Gasteiger partial charge in [-0.05, 0) is 47.7 Å². The van der Waals surface area contributed by atoms with Gasteiger partial charge in [0.15, 0.2) is 9.95 Å². The van der Waals surface area contributed by atoms with Crippen molar-refractivity contribution < 1.29 is 35.4 Å². The normalized spacial score (nSPS) is 12.0. The van der Waals surface area contributed by atoms with Crippen LogP contribution in [0.5, 0.6) is 23.0 Å². The SMILES string of the molecule is CC(C)CC(C)(c1ccc(OS(=O)(=O)c2cc([N+]#N)c(O)c3ccccc23)cc1)c1ccc(OS(=O)(=O)c2cc([N+]#N)c(O)c3ccccc23)cc1. The summed E-state index contributed by atoms with van der Waals surface area (Å²) in [4.78, 5) is 5.48. The molecule has 0 aromatic heterocycles. The Balaban J connectivity index is 1.29. The first-order chi connectivity index (χ1) is 24.7. The maximum absolute atomic E-state index is 13.5. The van der Waals surface area contributed by atoms with Gasteiger partial charge in [-0.1, -0.05) is 93.6 Å². The summed E-state index contributed by atoms with van der Waals surface area (Å²) in [6, 6.07) is 27.7. The summed E-state index contributed by atoms with van der Waals surface area (Å²) < 4.78 is 64.9. The fourth-order valence-corrected chi connectivity index (χ4v) is 8.83. The Morgan fingerprint density at radius 3 is 1.29 bits per heavy atom. The second-order valence-corrected chi connectivity index (χ2v) is 15.9. The van der Waals surface area contributed by atoms with E-state index in [9.17, 15) is 37.8 Å². The molecule has 0 radical (unpaired) electrons. The number of benzene rings is 6. The summed E-state index contributed by atoms with van der Waals surface area (Å²) in [6.07, 6.45) is 0.671. The first kappa shape index (κ1) is 35.6. The van der Waals surface area contributed by atoms with Crippen molar-refractivity contribution >= 4 is 53.2 Å². The van der Waals surface area contributed by atoms with Crippen molar-refractivity contribution in [2.75, 3.05) is 0 Å². The molecule has 0 aliphatic carbocycles. The summed E-state index contributed by atoms with van der Waals surface area (Å²) in [5.74, 6) is -0.455. The van der Waals surface area contributed by atoms with E-state index < -0.39 is 25.7 Å². The first-order valence-corrected chi connectivity index (χ1v) is 18.8. The Hall–Kier alpha value is -6.22. The van der Waals surface area contributed by atoms with Crippen LogP contribution in [0, 0.1) is 16.7 Å². The molecule has 6 aromatic carbocycles. The minimum atomic E-state index is -4.44. The molecule has 0 aliphatic heterocycles. The molecule has 2 N–H and O–H groups in total. The summed E-state index contributed by atoms with van der Waals surface area (Å²) in [7, 11) is -8.88. The van der Waals surface area contributed by atoms with Crippen molar-refractivity contribution in [2.45, 2.75) is 42.4 Å². The Morgan fingerprint density at radius 2 is 0.962 bits per heavy atom. The molecule has 0 atom stereocenters. The molecule has 262 valence electrons. The fraction of sp³-hybridized carbons (Fsp3) is 0.158. The van der Waals surface area contributed by atoms with E-state index in [0.717, 1.165) is 23.3 Å². The van der Waals surface area contributed by atoms with Crippen molar-refractivity contribution in [3.05, 3.63) is 130 Å². The summed E-state index contributed by atoms with van der Waals surface area (Å²) in [5, 5.41) is 40.3. The number of nitrogens with zero attached hydrogens (tertiary/aromatic N) is 4. The predicted molar refractivity (Wildman–Crippen MR) is 195 cm³/mol. The van der Waals surface area contributed by atoms with E-state index in [1.165, 1.54) is 48.5 Å². The van der Waals surface area contributed by atoms with Gasteiger partial charge < -0.3 is 18.6 Å². The topological polar surface area (TPSA) is 184 Å². The maximum atomic E-state index is 13.5. The van der Waals surface area contributed by atoms with Gasteiger partial charge in [-0.2, -0.15) is 16.8 Å². The van der Waals surface area contributed by atoms with Gasteiger partial charge >= 0.3 is 31.6 Å². The summed E-state index contributed by atoms with van der Waals surface area (Å²) in [5.41, 5.74) is 0.406. The summed E-state index contributed by atoms with van der Waals surface area (Å²) in [6.45, 7) is 6.16. The lowest BCUT2D eigenvalue weighted by Crippen LogP contribution is -2.26. The van der Waals surface area contributed by atoms with Crippen LogP contribution in [0.15, 0.2) is 119 Å². The Bertz CT molecular complexity index is 2490. The largest absolute Gasteiger partial charge is 0.501 e. The number of fused-ring (bicyclic) bond motifs is 2. The highest BCUT2D eigenvalue weighted by Crippen LogP contribution is 2.43. The second kappa shape index (κ2) is 13.5. The van der Waals surface area contributed by atoms with E-state index in [1.807, 2.05) is 6.92 Å². The van der Waals surface area contributed by atoms with Crippen LogP contribution < -0.4 is 8.37 Å². The van der Waals surface area contributed by atoms with E-state index in [-0.39, 0.29) is 71.6 Å². The molecule has 6 rings (SSSR count). The van der Waals surface area contributed by atoms with Gasteiger partial charge in [0.05, 0.1) is 12.1 Å². The lowest BCUT2D eigenvalue weighted by Gasteiger charge is -2.33. The molecule has 0 bridgehead atoms. The number of phenols is 2. The zero-order valence-electron chi connectivity index (χ0n) is 28.1. The highest BCUT2D eigenvalue weighted by molar-refractivity contribution is 7.87. The number of phenolic OH excluding ortho intramolecular Hbond substituents is 2. The summed E-state index contributed by atoms with van der Waals surface area (Å²) >= 11 is 0. The van der Waals surface area contributed by atoms with Crippen LogP contribution in [0.3, 0.4) is 0 Å². The van der Waals surface area contributed by atoms with Crippen molar-refractivity contribution in [1.82, 2.24) is 0 Å². The Kier molecular flexibility index (Phi) is 9.23. The molecule has 12 nitrogen and oxygen atoms in total. The van der Waals surface area contributed by atoms with Crippen LogP contribution in [0.25, 0.3) is 31.5 Å². The predicted octanol–water partition coefficient (Wildman–Crippen LogP) is 9.26. The van der Waals surface area contributed by atoms with Crippen LogP contribution >= 0.6 is 0 Å². The molecule has 14 heteroatoms. The zero-order valence-corrected chi connectivity index (χ0v) is 29.8. The second-order valence-electron chi connectivity index (χ2n) is 12.8. The molecule has 0 fully saturated rings. The van der Waals surface area contributed by atoms with Crippen molar-refractivity contribution in [3.8, 4) is 23.0 Å². The van der Waals surface area contributed by atoms with Crippen LogP contribution in [0.2, 0.25) is 0 Å². The molecule has 6 aromatic rings. The van der Waals surface area contributed by atoms with E-state index >= 15 is 0 Å². The molecule has 0 aliphatic rings. The van der Waals surface area contributed by atoms with Gasteiger partial charge in [0, 0.05) is 27.0 Å². The lowest BCUT2D eigenvalue weighted by molar-refractivity contribution is 0.426. The number of rotatable bonds is 10. The third-order valence-corrected chi connectivity index (χ3v) is 11.5. The van der Waals surface area contributed by atoms with Gasteiger partial charge in [-0.3, -0.25) is 0 Å². The number of diazo groups is 2. The Morgan fingerprint density at radius 1 is 0.615 bits per heavy atom. The van der Waals surface area contributed by atoms with E-state index in [1.54, 1.807) is 48.5 Å². The van der Waals surface area contributed by atoms with Gasteiger partial charge in [0.1, 0.15) is 21.3 Å². The first-order valence-electron chi connectivity index (χ1n) is 16.0. The van der Waals surface area contributed by atoms with Gasteiger partial charge in [0.2, 0.25) is 22.3 Å². The monoisotopic (exact) mass is 736 g/mol. The van der Waals surface area contributed by atoms with Crippen LogP contribution in [-0.4, -0.2) is 27.0 Å². The van der Waals surface area contributed by atoms with Gasteiger partial charge in [-0.15, -0.1) is 0 Å². The average Bonchev–Trinajstić information content (AvgIpc) is 3.12. The molecule has 0 saturated carbocycles. The number of aromatic hydroxyl groups is 2. The number of hydrogen-bond acceptors (Lipinski definition) is 10. The van der Waals surface area contributed by atoms with Gasteiger partial charge in [0.25, 0.3) is 0 Å². The van der Waals surface area contributed by atoms with Crippen molar-refractivity contribution in [2.24, 2.45) is 5.92 Å². The van der Waals surface area contributed by atoms with Crippen molar-refractivity contribution in [1.29, 1.82) is 10.8 Å². The van der Waals surface area contributed by atoms with Crippen LogP contribution in [0.1, 0.15) is 38.3 Å². The van der Waals surface area contributed by atoms with E-state index in [0.29, 0.717) is 6.42 Å². The van der Waals surface area contributed by atoms with E-state index in [4.69, 9.17) is 8.37 Å². The third kappa shape index (κ3) is 6.53. The van der Waals surface area contributed by atoms with Crippen LogP contribution in [0.4, 0.5) is 11.4 Å². The molecule has 0 unspecified atom stereocenters. The minimum absolute atomic E-state index is 0.0307. The lowest BCUT2D eigenvalue weighted by atomic mass is 9.71. The molecule has 0 amide bonds. The fourth-order valence-electron chi connectivity index (χ4n) is 6.51. The average molecular weight is 737 g/mol. The standard InChI is InChI=1S/C38H30N4O8S2/c1-23(2)22-38(3,24-12-16-26(17-13-24)49-51(45,46)34-20-32(41-39)36(43)30-10-6-4-8-28(30)34)25-14-18-27(19-15-25)50-52(47,48)35-21-33(42-40)37(44)31-11-7-5-9-29(31)35/h4-21,23H,22H2,1-3H3/p+2. The highest BCUT2D eigenvalue weighted by Gasteiger charge is 2.33. The zero-order chi connectivity index (χ0) is 37.4. The highest BCUT2D eigenvalue weighted by atomic mass is 32.2. The van der Waals surface area contributed by atoms with Gasteiger partial charge in [-0.25, -0.2) is 0 Å². The third-order valence-electron chi connectivity index (χ3n) is 8.88. The molecule has 0 heterocycles. The molecular formula is C38H32N4O8S2+2. The molecule has 0 spiro atoms. The number of hydrogen-bond donors (Lipinski definition) is 2. The maximum Gasteiger partial charge on any atom is 0.428 e.